The van der Waals surface area contributed by atoms with Gasteiger partial charge in [-0.3, -0.25) is 9.59 Å². The maximum Gasteiger partial charge on any atom is 0.303 e. The molecule has 0 saturated heterocycles. The number of hydrogen-bond acceptors (Lipinski definition) is 4. The first-order valence-corrected chi connectivity index (χ1v) is 6.79. The summed E-state index contributed by atoms with van der Waals surface area (Å²) in [6, 6.07) is 0. The van der Waals surface area contributed by atoms with E-state index < -0.39 is 5.97 Å². The number of H-pyrrole nitrogens is 1. The highest BCUT2D eigenvalue weighted by Gasteiger charge is 2.20. The number of aryl methyl sites for hydroxylation is 1. The number of carbonyl (C=O) groups is 1. The number of hydrogen-bond donors (Lipinski definition) is 2. The second-order valence-corrected chi connectivity index (χ2v) is 5.03. The third kappa shape index (κ3) is 4.16. The Balaban J connectivity index is 3.08. The molecule has 2 N–H and O–H groups in total. The van der Waals surface area contributed by atoms with Crippen LogP contribution < -0.4 is 5.56 Å². The van der Waals surface area contributed by atoms with Gasteiger partial charge in [-0.15, -0.1) is 0 Å². The van der Waals surface area contributed by atoms with Crippen LogP contribution in [0.4, 0.5) is 0 Å². The van der Waals surface area contributed by atoms with Gasteiger partial charge in [0.1, 0.15) is 11.9 Å². The van der Waals surface area contributed by atoms with Crippen molar-refractivity contribution in [3.05, 3.63) is 27.4 Å². The number of aromatic amines is 1. The first-order chi connectivity index (χ1) is 9.36. The van der Waals surface area contributed by atoms with Crippen molar-refractivity contribution >= 4 is 5.97 Å². The summed E-state index contributed by atoms with van der Waals surface area (Å²) in [4.78, 5) is 29.8. The number of aromatic nitrogens is 2. The molecule has 0 bridgehead atoms. The molecular weight excluding hydrogens is 260 g/mol. The normalized spacial score (nSPS) is 12.7. The van der Waals surface area contributed by atoms with E-state index >= 15 is 0 Å². The quantitative estimate of drug-likeness (QED) is 0.796. The standard InChI is InChI=1S/C14H22N2O4/c1-5-20-12(8(2)3)13-15-9(4)10(14(19)16-13)6-7-11(17)18/h8,12H,5-7H2,1-4H3,(H,17,18)(H,15,16,19). The number of rotatable bonds is 7. The zero-order valence-corrected chi connectivity index (χ0v) is 12.4. The van der Waals surface area contributed by atoms with Crippen molar-refractivity contribution in [3.63, 3.8) is 0 Å². The third-order valence-electron chi connectivity index (χ3n) is 3.05. The van der Waals surface area contributed by atoms with E-state index in [0.29, 0.717) is 23.7 Å². The maximum atomic E-state index is 12.1. The van der Waals surface area contributed by atoms with Crippen molar-refractivity contribution in [2.75, 3.05) is 6.61 Å². The third-order valence-corrected chi connectivity index (χ3v) is 3.05. The average molecular weight is 282 g/mol. The van der Waals surface area contributed by atoms with Gasteiger partial charge in [-0.05, 0) is 26.2 Å². The van der Waals surface area contributed by atoms with Crippen LogP contribution in [0.3, 0.4) is 0 Å². The van der Waals surface area contributed by atoms with Gasteiger partial charge in [-0.25, -0.2) is 4.98 Å². The Kier molecular flexibility index (Phi) is 5.88. The smallest absolute Gasteiger partial charge is 0.303 e. The summed E-state index contributed by atoms with van der Waals surface area (Å²) in [7, 11) is 0. The second-order valence-electron chi connectivity index (χ2n) is 5.03. The molecule has 0 spiro atoms. The van der Waals surface area contributed by atoms with Gasteiger partial charge in [-0.1, -0.05) is 13.8 Å². The van der Waals surface area contributed by atoms with Crippen LogP contribution in [0, 0.1) is 12.8 Å². The topological polar surface area (TPSA) is 92.3 Å². The van der Waals surface area contributed by atoms with Crippen molar-refractivity contribution in [1.82, 2.24) is 9.97 Å². The fourth-order valence-electron chi connectivity index (χ4n) is 2.06. The van der Waals surface area contributed by atoms with Crippen LogP contribution in [0.15, 0.2) is 4.79 Å². The van der Waals surface area contributed by atoms with Crippen LogP contribution in [-0.4, -0.2) is 27.7 Å². The van der Waals surface area contributed by atoms with E-state index in [2.05, 4.69) is 9.97 Å². The molecule has 0 amide bonds. The highest BCUT2D eigenvalue weighted by molar-refractivity contribution is 5.67. The van der Waals surface area contributed by atoms with Gasteiger partial charge in [0.15, 0.2) is 0 Å². The van der Waals surface area contributed by atoms with Gasteiger partial charge in [0, 0.05) is 24.3 Å². The lowest BCUT2D eigenvalue weighted by atomic mass is 10.1. The summed E-state index contributed by atoms with van der Waals surface area (Å²) in [5.41, 5.74) is 0.713. The number of nitrogens with one attached hydrogen (secondary N) is 1. The van der Waals surface area contributed by atoms with Crippen molar-refractivity contribution < 1.29 is 14.6 Å². The predicted octanol–water partition coefficient (Wildman–Crippen LogP) is 1.83. The molecule has 0 aliphatic carbocycles. The molecule has 1 rings (SSSR count). The minimum Gasteiger partial charge on any atom is -0.481 e. The molecule has 6 nitrogen and oxygen atoms in total. The van der Waals surface area contributed by atoms with Gasteiger partial charge in [0.25, 0.3) is 5.56 Å². The van der Waals surface area contributed by atoms with E-state index in [1.165, 1.54) is 0 Å². The second kappa shape index (κ2) is 7.19. The molecule has 6 heteroatoms. The van der Waals surface area contributed by atoms with Crippen molar-refractivity contribution in [2.24, 2.45) is 5.92 Å². The van der Waals surface area contributed by atoms with Gasteiger partial charge < -0.3 is 14.8 Å². The number of aliphatic carboxylic acids is 1. The lowest BCUT2D eigenvalue weighted by Gasteiger charge is -2.20. The lowest BCUT2D eigenvalue weighted by Crippen LogP contribution is -2.24. The first kappa shape index (κ1) is 16.4. The number of carboxylic acids is 1. The van der Waals surface area contributed by atoms with Crippen LogP contribution in [0.2, 0.25) is 0 Å². The molecule has 0 saturated carbocycles. The molecule has 1 aromatic rings. The largest absolute Gasteiger partial charge is 0.481 e. The van der Waals surface area contributed by atoms with Crippen molar-refractivity contribution in [1.29, 1.82) is 0 Å². The van der Waals surface area contributed by atoms with Gasteiger partial charge in [-0.2, -0.15) is 0 Å². The van der Waals surface area contributed by atoms with Gasteiger partial charge >= 0.3 is 5.97 Å². The van der Waals surface area contributed by atoms with Crippen LogP contribution in [0.1, 0.15) is 50.4 Å². The van der Waals surface area contributed by atoms with E-state index in [-0.39, 0.29) is 30.4 Å². The summed E-state index contributed by atoms with van der Waals surface area (Å²) in [6.45, 7) is 8.13. The molecule has 0 aliphatic rings. The molecule has 0 aliphatic heterocycles. The fraction of sp³-hybridized carbons (Fsp3) is 0.643. The number of ether oxygens (including phenoxy) is 1. The Hall–Kier alpha value is -1.69. The molecular formula is C14H22N2O4. The first-order valence-electron chi connectivity index (χ1n) is 6.79. The van der Waals surface area contributed by atoms with Gasteiger partial charge in [0.05, 0.1) is 0 Å². The van der Waals surface area contributed by atoms with E-state index in [4.69, 9.17) is 9.84 Å². The van der Waals surface area contributed by atoms with Crippen LogP contribution in [0.25, 0.3) is 0 Å². The van der Waals surface area contributed by atoms with Crippen molar-refractivity contribution in [3.8, 4) is 0 Å². The average Bonchev–Trinajstić information content (AvgIpc) is 2.33. The molecule has 0 radical (unpaired) electrons. The molecule has 0 fully saturated rings. The molecule has 1 heterocycles. The number of carboxylic acid groups (broad SMARTS) is 1. The van der Waals surface area contributed by atoms with Crippen LogP contribution in [0.5, 0.6) is 0 Å². The zero-order chi connectivity index (χ0) is 15.3. The summed E-state index contributed by atoms with van der Waals surface area (Å²) in [5, 5.41) is 8.69. The summed E-state index contributed by atoms with van der Waals surface area (Å²) >= 11 is 0. The minimum atomic E-state index is -0.928. The molecule has 1 unspecified atom stereocenters. The zero-order valence-electron chi connectivity index (χ0n) is 12.4. The minimum absolute atomic E-state index is 0.0793. The molecule has 112 valence electrons. The van der Waals surface area contributed by atoms with E-state index in [1.54, 1.807) is 6.92 Å². The van der Waals surface area contributed by atoms with E-state index in [9.17, 15) is 9.59 Å². The molecule has 1 aromatic heterocycles. The Morgan fingerprint density at radius 1 is 1.45 bits per heavy atom. The SMILES string of the molecule is CCOC(c1nc(C)c(CCC(=O)O)c(=O)[nH]1)C(C)C. The highest BCUT2D eigenvalue weighted by Crippen LogP contribution is 2.22. The lowest BCUT2D eigenvalue weighted by molar-refractivity contribution is -0.136. The Morgan fingerprint density at radius 3 is 2.55 bits per heavy atom. The predicted molar refractivity (Wildman–Crippen MR) is 74.8 cm³/mol. The maximum absolute atomic E-state index is 12.1. The van der Waals surface area contributed by atoms with Crippen LogP contribution >= 0.6 is 0 Å². The highest BCUT2D eigenvalue weighted by atomic mass is 16.5. The Bertz CT molecular complexity index is 522. The monoisotopic (exact) mass is 282 g/mol. The van der Waals surface area contributed by atoms with Crippen molar-refractivity contribution in [2.45, 2.75) is 46.6 Å². The van der Waals surface area contributed by atoms with Gasteiger partial charge in [0.2, 0.25) is 0 Å². The summed E-state index contributed by atoms with van der Waals surface area (Å²) in [6.07, 6.45) is -0.158. The molecule has 0 aromatic carbocycles. The summed E-state index contributed by atoms with van der Waals surface area (Å²) in [5.74, 6) is -0.243. The Morgan fingerprint density at radius 2 is 2.10 bits per heavy atom. The fourth-order valence-corrected chi connectivity index (χ4v) is 2.06. The van der Waals surface area contributed by atoms with E-state index in [1.807, 2.05) is 20.8 Å². The van der Waals surface area contributed by atoms with E-state index in [0.717, 1.165) is 0 Å². The van der Waals surface area contributed by atoms with Crippen LogP contribution in [-0.2, 0) is 16.0 Å². The number of nitrogens with zero attached hydrogens (tertiary/aromatic N) is 1. The Labute approximate surface area is 118 Å². The molecule has 1 atom stereocenters. The molecule has 20 heavy (non-hydrogen) atoms. The summed E-state index contributed by atoms with van der Waals surface area (Å²) < 4.78 is 5.61.